The van der Waals surface area contributed by atoms with E-state index in [2.05, 4.69) is 26.4 Å². The maximum Gasteiger partial charge on any atom is 0.222 e. The number of hydrogen-bond acceptors (Lipinski definition) is 7. The Kier molecular flexibility index (Phi) is 6.04. The van der Waals surface area contributed by atoms with Gasteiger partial charge in [-0.05, 0) is 38.3 Å². The highest BCUT2D eigenvalue weighted by Crippen LogP contribution is 2.33. The summed E-state index contributed by atoms with van der Waals surface area (Å²) in [6, 6.07) is 0. The van der Waals surface area contributed by atoms with Crippen LogP contribution in [0.15, 0.2) is 0 Å². The molecule has 25 heavy (non-hydrogen) atoms. The molecule has 0 N–H and O–H groups in total. The van der Waals surface area contributed by atoms with Crippen LogP contribution in [0.3, 0.4) is 0 Å². The molecule has 1 unspecified atom stereocenters. The second-order valence-electron chi connectivity index (χ2n) is 7.26. The van der Waals surface area contributed by atoms with Crippen molar-refractivity contribution >= 4 is 17.4 Å². The zero-order chi connectivity index (χ0) is 17.9. The van der Waals surface area contributed by atoms with Crippen molar-refractivity contribution in [2.24, 2.45) is 0 Å². The lowest BCUT2D eigenvalue weighted by Crippen LogP contribution is -2.60. The first kappa shape index (κ1) is 18.7. The molecule has 2 fully saturated rings. The Labute approximate surface area is 154 Å². The van der Waals surface area contributed by atoms with Crippen molar-refractivity contribution in [3.8, 4) is 0 Å². The number of piperazine rings is 1. The Morgan fingerprint density at radius 1 is 1.28 bits per heavy atom. The SMILES string of the molecule is COCCN1CCC2(CCC1=O)CN(Cc1snnc1C)CCN2C. The van der Waals surface area contributed by atoms with Gasteiger partial charge in [0.1, 0.15) is 0 Å². The van der Waals surface area contributed by atoms with Crippen molar-refractivity contribution in [3.05, 3.63) is 10.6 Å². The van der Waals surface area contributed by atoms with E-state index in [0.29, 0.717) is 19.6 Å². The number of amides is 1. The molecule has 0 bridgehead atoms. The average molecular weight is 368 g/mol. The molecule has 1 aromatic rings. The van der Waals surface area contributed by atoms with Crippen molar-refractivity contribution < 1.29 is 9.53 Å². The van der Waals surface area contributed by atoms with Crippen LogP contribution in [-0.2, 0) is 16.1 Å². The number of ether oxygens (including phenoxy) is 1. The second kappa shape index (κ2) is 8.07. The van der Waals surface area contributed by atoms with E-state index >= 15 is 0 Å². The number of rotatable bonds is 5. The van der Waals surface area contributed by atoms with E-state index < -0.39 is 0 Å². The van der Waals surface area contributed by atoms with Gasteiger partial charge in [0, 0.05) is 58.3 Å². The zero-order valence-electron chi connectivity index (χ0n) is 15.5. The summed E-state index contributed by atoms with van der Waals surface area (Å²) >= 11 is 1.50. The van der Waals surface area contributed by atoms with Crippen LogP contribution in [0.1, 0.15) is 29.8 Å². The summed E-state index contributed by atoms with van der Waals surface area (Å²) < 4.78 is 9.22. The molecule has 0 radical (unpaired) electrons. The number of carbonyl (C=O) groups is 1. The third-order valence-electron chi connectivity index (χ3n) is 5.76. The molecule has 2 aliphatic heterocycles. The fraction of sp³-hybridized carbons (Fsp3) is 0.824. The average Bonchev–Trinajstić information content (AvgIpc) is 2.93. The van der Waals surface area contributed by atoms with Crippen LogP contribution >= 0.6 is 11.5 Å². The topological polar surface area (TPSA) is 61.8 Å². The van der Waals surface area contributed by atoms with E-state index in [9.17, 15) is 4.79 Å². The van der Waals surface area contributed by atoms with Gasteiger partial charge >= 0.3 is 0 Å². The number of carbonyl (C=O) groups excluding carboxylic acids is 1. The molecule has 140 valence electrons. The van der Waals surface area contributed by atoms with E-state index in [-0.39, 0.29) is 11.4 Å². The van der Waals surface area contributed by atoms with E-state index in [1.807, 2.05) is 11.8 Å². The molecule has 1 amide bonds. The highest BCUT2D eigenvalue weighted by atomic mass is 32.1. The lowest BCUT2D eigenvalue weighted by molar-refractivity contribution is -0.131. The van der Waals surface area contributed by atoms with Crippen LogP contribution in [0, 0.1) is 6.92 Å². The van der Waals surface area contributed by atoms with Gasteiger partial charge in [-0.1, -0.05) is 4.49 Å². The van der Waals surface area contributed by atoms with Gasteiger partial charge in [-0.2, -0.15) is 0 Å². The number of aryl methyl sites for hydroxylation is 1. The first-order valence-electron chi connectivity index (χ1n) is 9.02. The van der Waals surface area contributed by atoms with Crippen LogP contribution < -0.4 is 0 Å². The summed E-state index contributed by atoms with van der Waals surface area (Å²) in [6.07, 6.45) is 2.58. The Hall–Kier alpha value is -1.09. The summed E-state index contributed by atoms with van der Waals surface area (Å²) in [4.78, 5) is 20.7. The normalized spacial score (nSPS) is 26.4. The molecule has 3 rings (SSSR count). The predicted octanol–water partition coefficient (Wildman–Crippen LogP) is 0.992. The van der Waals surface area contributed by atoms with Gasteiger partial charge < -0.3 is 9.64 Å². The molecule has 1 atom stereocenters. The molecule has 7 nitrogen and oxygen atoms in total. The number of nitrogens with zero attached hydrogens (tertiary/aromatic N) is 5. The van der Waals surface area contributed by atoms with Gasteiger partial charge in [-0.25, -0.2) is 0 Å². The fourth-order valence-corrected chi connectivity index (χ4v) is 4.62. The van der Waals surface area contributed by atoms with Crippen molar-refractivity contribution in [2.75, 3.05) is 53.5 Å². The summed E-state index contributed by atoms with van der Waals surface area (Å²) in [7, 11) is 3.90. The molecule has 0 aliphatic carbocycles. The van der Waals surface area contributed by atoms with Gasteiger partial charge in [-0.3, -0.25) is 14.6 Å². The number of aromatic nitrogens is 2. The van der Waals surface area contributed by atoms with Crippen molar-refractivity contribution in [3.63, 3.8) is 0 Å². The quantitative estimate of drug-likeness (QED) is 0.774. The molecule has 8 heteroatoms. The van der Waals surface area contributed by atoms with Crippen molar-refractivity contribution in [1.82, 2.24) is 24.3 Å². The number of hydrogen-bond donors (Lipinski definition) is 0. The minimum Gasteiger partial charge on any atom is -0.383 e. The van der Waals surface area contributed by atoms with Crippen molar-refractivity contribution in [2.45, 2.75) is 38.3 Å². The summed E-state index contributed by atoms with van der Waals surface area (Å²) in [5, 5.41) is 4.13. The van der Waals surface area contributed by atoms with Crippen molar-refractivity contribution in [1.29, 1.82) is 0 Å². The smallest absolute Gasteiger partial charge is 0.222 e. The largest absolute Gasteiger partial charge is 0.383 e. The molecule has 0 aromatic carbocycles. The highest BCUT2D eigenvalue weighted by Gasteiger charge is 2.42. The predicted molar refractivity (Wildman–Crippen MR) is 97.6 cm³/mol. The summed E-state index contributed by atoms with van der Waals surface area (Å²) in [6.45, 7) is 8.17. The fourth-order valence-electron chi connectivity index (χ4n) is 3.95. The van der Waals surface area contributed by atoms with Crippen LogP contribution in [-0.4, -0.2) is 89.2 Å². The Morgan fingerprint density at radius 2 is 2.12 bits per heavy atom. The molecule has 2 aliphatic rings. The first-order valence-corrected chi connectivity index (χ1v) is 9.79. The molecule has 3 heterocycles. The van der Waals surface area contributed by atoms with E-state index in [1.165, 1.54) is 16.4 Å². The van der Waals surface area contributed by atoms with E-state index in [0.717, 1.165) is 51.3 Å². The molecule has 1 aromatic heterocycles. The second-order valence-corrected chi connectivity index (χ2v) is 8.10. The standard InChI is InChI=1S/C17H29N5O2S/c1-14-15(25-19-18-14)12-21-9-8-20(2)17(13-21)5-4-16(23)22(7-6-17)10-11-24-3/h4-13H2,1-3H3. The molecular formula is C17H29N5O2S. The van der Waals surface area contributed by atoms with Gasteiger partial charge in [-0.15, -0.1) is 5.10 Å². The van der Waals surface area contributed by atoms with E-state index in [1.54, 1.807) is 7.11 Å². The Balaban J connectivity index is 1.68. The highest BCUT2D eigenvalue weighted by molar-refractivity contribution is 7.05. The molecular weight excluding hydrogens is 338 g/mol. The maximum atomic E-state index is 12.5. The third kappa shape index (κ3) is 4.19. The molecule has 1 spiro atoms. The Morgan fingerprint density at radius 3 is 2.84 bits per heavy atom. The van der Waals surface area contributed by atoms with Gasteiger partial charge in [0.15, 0.2) is 0 Å². The Bertz CT molecular complexity index is 595. The minimum atomic E-state index is 0.0851. The van der Waals surface area contributed by atoms with E-state index in [4.69, 9.17) is 4.74 Å². The lowest BCUT2D eigenvalue weighted by Gasteiger charge is -2.49. The zero-order valence-corrected chi connectivity index (χ0v) is 16.3. The maximum absolute atomic E-state index is 12.5. The van der Waals surface area contributed by atoms with Crippen LogP contribution in [0.5, 0.6) is 0 Å². The monoisotopic (exact) mass is 367 g/mol. The number of likely N-dealkylation sites (N-methyl/N-ethyl adjacent to an activating group) is 1. The first-order chi connectivity index (χ1) is 12.0. The number of likely N-dealkylation sites (tertiary alicyclic amines) is 1. The summed E-state index contributed by atoms with van der Waals surface area (Å²) in [5.74, 6) is 0.266. The lowest BCUT2D eigenvalue weighted by atomic mass is 9.86. The van der Waals surface area contributed by atoms with Crippen LogP contribution in [0.25, 0.3) is 0 Å². The molecule has 2 saturated heterocycles. The molecule has 0 saturated carbocycles. The van der Waals surface area contributed by atoms with Gasteiger partial charge in [0.05, 0.1) is 17.2 Å². The van der Waals surface area contributed by atoms with Gasteiger partial charge in [0.25, 0.3) is 0 Å². The van der Waals surface area contributed by atoms with Crippen LogP contribution in [0.4, 0.5) is 0 Å². The summed E-state index contributed by atoms with van der Waals surface area (Å²) in [5.41, 5.74) is 1.13. The van der Waals surface area contributed by atoms with Crippen LogP contribution in [0.2, 0.25) is 0 Å². The van der Waals surface area contributed by atoms with Gasteiger partial charge in [0.2, 0.25) is 5.91 Å². The minimum absolute atomic E-state index is 0.0851. The number of methoxy groups -OCH3 is 1. The third-order valence-corrected chi connectivity index (χ3v) is 6.57.